The molecule has 90 valence electrons. The van der Waals surface area contributed by atoms with Gasteiger partial charge in [0.25, 0.3) is 0 Å². The van der Waals surface area contributed by atoms with Crippen LogP contribution in [0.5, 0.6) is 0 Å². The maximum atomic E-state index is 12.0. The molecule has 2 aromatic rings. The SMILES string of the molecule is O=C(OO)c1ccc(C(=O)c2ccccc2)cc1. The largest absolute Gasteiger partial charge is 0.372 e. The van der Waals surface area contributed by atoms with Gasteiger partial charge in [-0.3, -0.25) is 9.68 Å². The van der Waals surface area contributed by atoms with E-state index in [0.29, 0.717) is 11.1 Å². The first kappa shape index (κ1) is 12.0. The van der Waals surface area contributed by atoms with Gasteiger partial charge in [0.1, 0.15) is 0 Å². The van der Waals surface area contributed by atoms with Crippen LogP contribution in [0.3, 0.4) is 0 Å². The molecule has 0 aliphatic carbocycles. The Morgan fingerprint density at radius 3 is 1.83 bits per heavy atom. The Hall–Kier alpha value is -2.46. The predicted octanol–water partition coefficient (Wildman–Crippen LogP) is 2.55. The first-order valence-corrected chi connectivity index (χ1v) is 5.28. The van der Waals surface area contributed by atoms with Crippen LogP contribution in [0.4, 0.5) is 0 Å². The molecule has 0 aromatic heterocycles. The van der Waals surface area contributed by atoms with E-state index in [0.717, 1.165) is 0 Å². The van der Waals surface area contributed by atoms with E-state index in [1.165, 1.54) is 24.3 Å². The molecule has 0 aliphatic heterocycles. The molecule has 4 nitrogen and oxygen atoms in total. The second kappa shape index (κ2) is 5.25. The third-order valence-electron chi connectivity index (χ3n) is 2.50. The van der Waals surface area contributed by atoms with Crippen LogP contribution in [0.15, 0.2) is 54.6 Å². The number of carbonyl (C=O) groups excluding carboxylic acids is 2. The van der Waals surface area contributed by atoms with E-state index in [1.807, 2.05) is 6.07 Å². The van der Waals surface area contributed by atoms with Crippen molar-refractivity contribution < 1.29 is 19.7 Å². The first-order chi connectivity index (χ1) is 8.72. The van der Waals surface area contributed by atoms with Crippen molar-refractivity contribution in [3.05, 3.63) is 71.3 Å². The third-order valence-corrected chi connectivity index (χ3v) is 2.50. The molecule has 2 aromatic carbocycles. The highest BCUT2D eigenvalue weighted by Crippen LogP contribution is 2.11. The van der Waals surface area contributed by atoms with Crippen LogP contribution in [-0.2, 0) is 4.89 Å². The summed E-state index contributed by atoms with van der Waals surface area (Å²) in [5.41, 5.74) is 1.23. The zero-order chi connectivity index (χ0) is 13.0. The molecule has 0 aliphatic rings. The lowest BCUT2D eigenvalue weighted by molar-refractivity contribution is -0.182. The molecule has 0 amide bonds. The molecular formula is C14H10O4. The van der Waals surface area contributed by atoms with Crippen molar-refractivity contribution >= 4 is 11.8 Å². The molecular weight excluding hydrogens is 232 g/mol. The molecule has 18 heavy (non-hydrogen) atoms. The molecule has 0 saturated carbocycles. The van der Waals surface area contributed by atoms with Gasteiger partial charge in [-0.1, -0.05) is 42.5 Å². The van der Waals surface area contributed by atoms with Gasteiger partial charge in [-0.05, 0) is 12.1 Å². The molecule has 4 heteroatoms. The minimum atomic E-state index is -0.853. The highest BCUT2D eigenvalue weighted by molar-refractivity contribution is 6.09. The van der Waals surface area contributed by atoms with Crippen molar-refractivity contribution in [3.8, 4) is 0 Å². The van der Waals surface area contributed by atoms with Crippen LogP contribution in [0, 0.1) is 0 Å². The quantitative estimate of drug-likeness (QED) is 0.510. The molecule has 0 atom stereocenters. The predicted molar refractivity (Wildman–Crippen MR) is 64.4 cm³/mol. The maximum absolute atomic E-state index is 12.0. The maximum Gasteiger partial charge on any atom is 0.372 e. The van der Waals surface area contributed by atoms with Gasteiger partial charge >= 0.3 is 5.97 Å². The van der Waals surface area contributed by atoms with Gasteiger partial charge in [0.2, 0.25) is 0 Å². The average Bonchev–Trinajstić information content (AvgIpc) is 2.47. The lowest BCUT2D eigenvalue weighted by Gasteiger charge is -2.02. The lowest BCUT2D eigenvalue weighted by Crippen LogP contribution is -2.04. The highest BCUT2D eigenvalue weighted by atomic mass is 17.1. The van der Waals surface area contributed by atoms with Gasteiger partial charge in [0.15, 0.2) is 5.78 Å². The van der Waals surface area contributed by atoms with Gasteiger partial charge in [0.05, 0.1) is 5.56 Å². The third kappa shape index (κ3) is 2.44. The zero-order valence-electron chi connectivity index (χ0n) is 9.37. The number of hydrogen-bond acceptors (Lipinski definition) is 4. The fraction of sp³-hybridized carbons (Fsp3) is 0. The number of benzene rings is 2. The van der Waals surface area contributed by atoms with Gasteiger partial charge in [-0.15, -0.1) is 0 Å². The summed E-state index contributed by atoms with van der Waals surface area (Å²) in [6, 6.07) is 14.7. The van der Waals surface area contributed by atoms with Crippen LogP contribution < -0.4 is 0 Å². The van der Waals surface area contributed by atoms with Crippen LogP contribution in [0.25, 0.3) is 0 Å². The summed E-state index contributed by atoms with van der Waals surface area (Å²) in [5.74, 6) is -0.978. The Morgan fingerprint density at radius 2 is 1.28 bits per heavy atom. The summed E-state index contributed by atoms with van der Waals surface area (Å²) in [6.45, 7) is 0. The Balaban J connectivity index is 2.25. The Kier molecular flexibility index (Phi) is 3.50. The van der Waals surface area contributed by atoms with Crippen molar-refractivity contribution in [2.45, 2.75) is 0 Å². The summed E-state index contributed by atoms with van der Waals surface area (Å²) >= 11 is 0. The van der Waals surface area contributed by atoms with Crippen molar-refractivity contribution in [2.24, 2.45) is 0 Å². The van der Waals surface area contributed by atoms with Gasteiger partial charge < -0.3 is 0 Å². The van der Waals surface area contributed by atoms with Crippen molar-refractivity contribution in [3.63, 3.8) is 0 Å². The van der Waals surface area contributed by atoms with Crippen LogP contribution in [0.2, 0.25) is 0 Å². The first-order valence-electron chi connectivity index (χ1n) is 5.28. The van der Waals surface area contributed by atoms with E-state index < -0.39 is 5.97 Å². The number of carbonyl (C=O) groups is 2. The monoisotopic (exact) mass is 242 g/mol. The number of rotatable bonds is 3. The van der Waals surface area contributed by atoms with Crippen LogP contribution in [-0.4, -0.2) is 17.0 Å². The molecule has 0 fully saturated rings. The molecule has 0 heterocycles. The summed E-state index contributed by atoms with van der Waals surface area (Å²) in [5, 5.41) is 8.23. The molecule has 2 rings (SSSR count). The minimum Gasteiger partial charge on any atom is -0.296 e. The summed E-state index contributed by atoms with van der Waals surface area (Å²) in [7, 11) is 0. The second-order valence-electron chi connectivity index (χ2n) is 3.65. The lowest BCUT2D eigenvalue weighted by atomic mass is 10.0. The van der Waals surface area contributed by atoms with Crippen LogP contribution >= 0.6 is 0 Å². The Bertz CT molecular complexity index is 558. The molecule has 0 unspecified atom stereocenters. The van der Waals surface area contributed by atoms with Crippen molar-refractivity contribution in [2.75, 3.05) is 0 Å². The van der Waals surface area contributed by atoms with Crippen molar-refractivity contribution in [1.29, 1.82) is 0 Å². The number of ketones is 1. The summed E-state index contributed by atoms with van der Waals surface area (Å²) in [4.78, 5) is 26.6. The molecule has 0 bridgehead atoms. The fourth-order valence-corrected chi connectivity index (χ4v) is 1.57. The van der Waals surface area contributed by atoms with E-state index in [2.05, 4.69) is 4.89 Å². The topological polar surface area (TPSA) is 63.6 Å². The standard InChI is InChI=1S/C14H10O4/c15-13(10-4-2-1-3-5-10)11-6-8-12(9-7-11)14(16)18-17/h1-9,17H. The van der Waals surface area contributed by atoms with E-state index >= 15 is 0 Å². The Labute approximate surface area is 103 Å². The molecule has 0 radical (unpaired) electrons. The van der Waals surface area contributed by atoms with Crippen molar-refractivity contribution in [1.82, 2.24) is 0 Å². The van der Waals surface area contributed by atoms with E-state index in [4.69, 9.17) is 5.26 Å². The smallest absolute Gasteiger partial charge is 0.296 e. The van der Waals surface area contributed by atoms with E-state index in [-0.39, 0.29) is 11.3 Å². The molecule has 1 N–H and O–H groups in total. The van der Waals surface area contributed by atoms with E-state index in [9.17, 15) is 9.59 Å². The normalized spacial score (nSPS) is 9.83. The fourth-order valence-electron chi connectivity index (χ4n) is 1.57. The highest BCUT2D eigenvalue weighted by Gasteiger charge is 2.11. The second-order valence-corrected chi connectivity index (χ2v) is 3.65. The summed E-state index contributed by atoms with van der Waals surface area (Å²) < 4.78 is 0. The molecule has 0 saturated heterocycles. The minimum absolute atomic E-state index is 0.125. The van der Waals surface area contributed by atoms with Gasteiger partial charge in [0, 0.05) is 11.1 Å². The van der Waals surface area contributed by atoms with Gasteiger partial charge in [-0.25, -0.2) is 4.79 Å². The average molecular weight is 242 g/mol. The van der Waals surface area contributed by atoms with Crippen LogP contribution in [0.1, 0.15) is 26.3 Å². The Morgan fingerprint density at radius 1 is 0.778 bits per heavy atom. The summed E-state index contributed by atoms with van der Waals surface area (Å²) in [6.07, 6.45) is 0. The van der Waals surface area contributed by atoms with E-state index in [1.54, 1.807) is 24.3 Å². The zero-order valence-corrected chi connectivity index (χ0v) is 9.37. The van der Waals surface area contributed by atoms with Gasteiger partial charge in [-0.2, -0.15) is 5.26 Å². The molecule has 0 spiro atoms. The number of hydrogen-bond donors (Lipinski definition) is 1.